The zero-order valence-corrected chi connectivity index (χ0v) is 17.5. The average molecular weight is 385 g/mol. The van der Waals surface area contributed by atoms with E-state index < -0.39 is 0 Å². The monoisotopic (exact) mass is 384 g/mol. The van der Waals surface area contributed by atoms with E-state index in [-0.39, 0.29) is 11.3 Å². The van der Waals surface area contributed by atoms with Crippen LogP contribution in [-0.4, -0.2) is 50.0 Å². The first-order valence-electron chi connectivity index (χ1n) is 11.0. The number of piperidine rings is 1. The zero-order valence-electron chi connectivity index (χ0n) is 17.5. The van der Waals surface area contributed by atoms with Crippen molar-refractivity contribution in [3.63, 3.8) is 0 Å². The van der Waals surface area contributed by atoms with Crippen LogP contribution in [0, 0.1) is 5.92 Å². The normalized spacial score (nSPS) is 20.2. The van der Waals surface area contributed by atoms with E-state index >= 15 is 0 Å². The van der Waals surface area contributed by atoms with Crippen molar-refractivity contribution in [2.75, 3.05) is 33.2 Å². The highest BCUT2D eigenvalue weighted by molar-refractivity contribution is 5.80. The summed E-state index contributed by atoms with van der Waals surface area (Å²) in [6.45, 7) is 5.83. The van der Waals surface area contributed by atoms with Crippen molar-refractivity contribution in [3.8, 4) is 0 Å². The number of likely N-dealkylation sites (tertiary alicyclic amines) is 1. The molecule has 0 aromatic heterocycles. The van der Waals surface area contributed by atoms with E-state index in [9.17, 15) is 4.79 Å². The Morgan fingerprint density at radius 3 is 2.46 bits per heavy atom. The third kappa shape index (κ3) is 5.06. The molecule has 154 valence electrons. The smallest absolute Gasteiger partial charge is 0.220 e. The van der Waals surface area contributed by atoms with Gasteiger partial charge in [-0.1, -0.05) is 43.2 Å². The van der Waals surface area contributed by atoms with Gasteiger partial charge in [0.2, 0.25) is 5.91 Å². The van der Waals surface area contributed by atoms with Gasteiger partial charge in [0.25, 0.3) is 0 Å². The molecule has 0 bridgehead atoms. The summed E-state index contributed by atoms with van der Waals surface area (Å²) in [6.07, 6.45) is 7.82. The highest BCUT2D eigenvalue weighted by atomic mass is 16.1. The van der Waals surface area contributed by atoms with E-state index in [1.165, 1.54) is 31.2 Å². The Hall–Kier alpha value is -2.04. The molecule has 5 nitrogen and oxygen atoms in total. The number of nitrogens with zero attached hydrogens (tertiary/aromatic N) is 2. The van der Waals surface area contributed by atoms with E-state index in [0.29, 0.717) is 12.3 Å². The zero-order chi connectivity index (χ0) is 19.8. The molecule has 1 aliphatic carbocycles. The standard InChI is InChI=1S/C23H36N4O/c1-3-25-22(27-15-11-19(12-16-27)17-21(28)24-2)26-18-23(13-7-8-14-23)20-9-5-4-6-10-20/h4-6,9-10,19H,3,7-8,11-18H2,1-2H3,(H,24,28)(H,25,26). The number of carbonyl (C=O) groups excluding carboxylic acids is 1. The van der Waals surface area contributed by atoms with Gasteiger partial charge in [-0.25, -0.2) is 0 Å². The van der Waals surface area contributed by atoms with Gasteiger partial charge in [-0.05, 0) is 44.1 Å². The second kappa shape index (κ2) is 9.94. The number of aliphatic imine (C=N–C) groups is 1. The minimum atomic E-state index is 0.157. The summed E-state index contributed by atoms with van der Waals surface area (Å²) in [5.41, 5.74) is 1.64. The molecule has 1 saturated heterocycles. The number of amides is 1. The first-order chi connectivity index (χ1) is 13.7. The van der Waals surface area contributed by atoms with Crippen molar-refractivity contribution in [2.45, 2.75) is 57.3 Å². The van der Waals surface area contributed by atoms with Crippen molar-refractivity contribution in [1.82, 2.24) is 15.5 Å². The molecule has 5 heteroatoms. The van der Waals surface area contributed by atoms with E-state index in [1.54, 1.807) is 7.05 Å². The number of rotatable bonds is 6. The van der Waals surface area contributed by atoms with Crippen molar-refractivity contribution in [1.29, 1.82) is 0 Å². The third-order valence-electron chi connectivity index (χ3n) is 6.48. The van der Waals surface area contributed by atoms with Crippen molar-refractivity contribution >= 4 is 11.9 Å². The van der Waals surface area contributed by atoms with Crippen molar-refractivity contribution < 1.29 is 4.79 Å². The van der Waals surface area contributed by atoms with Gasteiger partial charge in [0, 0.05) is 38.5 Å². The largest absolute Gasteiger partial charge is 0.359 e. The minimum absolute atomic E-state index is 0.157. The van der Waals surface area contributed by atoms with Crippen LogP contribution in [0.5, 0.6) is 0 Å². The molecule has 3 rings (SSSR count). The Morgan fingerprint density at radius 2 is 1.86 bits per heavy atom. The first-order valence-corrected chi connectivity index (χ1v) is 11.0. The molecule has 0 atom stereocenters. The number of guanidine groups is 1. The molecule has 0 spiro atoms. The van der Waals surface area contributed by atoms with Crippen LogP contribution in [0.2, 0.25) is 0 Å². The predicted octanol–water partition coefficient (Wildman–Crippen LogP) is 3.31. The van der Waals surface area contributed by atoms with Gasteiger partial charge in [-0.3, -0.25) is 9.79 Å². The average Bonchev–Trinajstić information content (AvgIpc) is 3.22. The van der Waals surface area contributed by atoms with Gasteiger partial charge in [0.05, 0.1) is 6.54 Å². The van der Waals surface area contributed by atoms with Crippen LogP contribution < -0.4 is 10.6 Å². The Balaban J connectivity index is 1.66. The Labute approximate surface area is 170 Å². The molecule has 1 amide bonds. The Bertz CT molecular complexity index is 644. The number of hydrogen-bond donors (Lipinski definition) is 2. The molecule has 0 unspecified atom stereocenters. The molecule has 0 radical (unpaired) electrons. The lowest BCUT2D eigenvalue weighted by Gasteiger charge is -2.35. The minimum Gasteiger partial charge on any atom is -0.359 e. The van der Waals surface area contributed by atoms with Crippen LogP contribution in [0.25, 0.3) is 0 Å². The van der Waals surface area contributed by atoms with Crippen LogP contribution in [0.15, 0.2) is 35.3 Å². The maximum atomic E-state index is 11.7. The SMILES string of the molecule is CCNC(=NCC1(c2ccccc2)CCCC1)N1CCC(CC(=O)NC)CC1. The summed E-state index contributed by atoms with van der Waals surface area (Å²) in [4.78, 5) is 19.2. The predicted molar refractivity (Wildman–Crippen MR) is 116 cm³/mol. The molecule has 2 aliphatic rings. The highest BCUT2D eigenvalue weighted by Gasteiger charge is 2.35. The molecule has 28 heavy (non-hydrogen) atoms. The number of hydrogen-bond acceptors (Lipinski definition) is 2. The van der Waals surface area contributed by atoms with Crippen molar-refractivity contribution in [3.05, 3.63) is 35.9 Å². The molecule has 1 heterocycles. The molecular weight excluding hydrogens is 348 g/mol. The molecule has 1 aliphatic heterocycles. The molecule has 1 aromatic carbocycles. The fourth-order valence-electron chi connectivity index (χ4n) is 4.75. The highest BCUT2D eigenvalue weighted by Crippen LogP contribution is 2.41. The third-order valence-corrected chi connectivity index (χ3v) is 6.48. The molecule has 2 N–H and O–H groups in total. The second-order valence-electron chi connectivity index (χ2n) is 8.33. The fraction of sp³-hybridized carbons (Fsp3) is 0.652. The van der Waals surface area contributed by atoms with Gasteiger partial charge in [0.1, 0.15) is 0 Å². The number of carbonyl (C=O) groups is 1. The van der Waals surface area contributed by atoms with Gasteiger partial charge < -0.3 is 15.5 Å². The maximum absolute atomic E-state index is 11.7. The summed E-state index contributed by atoms with van der Waals surface area (Å²) in [5.74, 6) is 1.69. The summed E-state index contributed by atoms with van der Waals surface area (Å²) < 4.78 is 0. The maximum Gasteiger partial charge on any atom is 0.220 e. The lowest BCUT2D eigenvalue weighted by molar-refractivity contribution is -0.121. The van der Waals surface area contributed by atoms with Gasteiger partial charge in [0.15, 0.2) is 5.96 Å². The summed E-state index contributed by atoms with van der Waals surface area (Å²) >= 11 is 0. The molecule has 1 aromatic rings. The van der Waals surface area contributed by atoms with Gasteiger partial charge >= 0.3 is 0 Å². The number of benzene rings is 1. The number of nitrogens with one attached hydrogen (secondary N) is 2. The fourth-order valence-corrected chi connectivity index (χ4v) is 4.75. The van der Waals surface area contributed by atoms with Gasteiger partial charge in [-0.2, -0.15) is 0 Å². The van der Waals surface area contributed by atoms with Crippen LogP contribution >= 0.6 is 0 Å². The molecule has 1 saturated carbocycles. The van der Waals surface area contributed by atoms with Gasteiger partial charge in [-0.15, -0.1) is 0 Å². The molecule has 2 fully saturated rings. The van der Waals surface area contributed by atoms with Crippen LogP contribution in [0.3, 0.4) is 0 Å². The van der Waals surface area contributed by atoms with E-state index in [1.807, 2.05) is 0 Å². The molecular formula is C23H36N4O. The topological polar surface area (TPSA) is 56.7 Å². The lowest BCUT2D eigenvalue weighted by atomic mass is 9.79. The Morgan fingerprint density at radius 1 is 1.18 bits per heavy atom. The summed E-state index contributed by atoms with van der Waals surface area (Å²) in [7, 11) is 1.72. The summed E-state index contributed by atoms with van der Waals surface area (Å²) in [6, 6.07) is 11.0. The van der Waals surface area contributed by atoms with Crippen molar-refractivity contribution in [2.24, 2.45) is 10.9 Å². The van der Waals surface area contributed by atoms with Crippen LogP contribution in [0.1, 0.15) is 57.4 Å². The quantitative estimate of drug-likeness (QED) is 0.584. The first kappa shape index (κ1) is 20.7. The second-order valence-corrected chi connectivity index (χ2v) is 8.33. The van der Waals surface area contributed by atoms with Crippen LogP contribution in [-0.2, 0) is 10.2 Å². The van der Waals surface area contributed by atoms with E-state index in [0.717, 1.165) is 45.0 Å². The van der Waals surface area contributed by atoms with E-state index in [4.69, 9.17) is 4.99 Å². The van der Waals surface area contributed by atoms with Crippen LogP contribution in [0.4, 0.5) is 0 Å². The lowest BCUT2D eigenvalue weighted by Crippen LogP contribution is -2.46. The Kier molecular flexibility index (Phi) is 7.35. The van der Waals surface area contributed by atoms with E-state index in [2.05, 4.69) is 52.8 Å². The summed E-state index contributed by atoms with van der Waals surface area (Å²) in [5, 5.41) is 6.26.